The molecule has 2 N–H and O–H groups in total. The van der Waals surface area contributed by atoms with Gasteiger partial charge in [-0.05, 0) is 6.42 Å². The zero-order valence-electron chi connectivity index (χ0n) is 8.01. The van der Waals surface area contributed by atoms with E-state index in [0.717, 1.165) is 17.8 Å². The fraction of sp³-hybridized carbons (Fsp3) is 0.667. The van der Waals surface area contributed by atoms with E-state index < -0.39 is 6.10 Å². The van der Waals surface area contributed by atoms with Crippen LogP contribution in [0.3, 0.4) is 0 Å². The Kier molecular flexibility index (Phi) is 3.12. The maximum Gasteiger partial charge on any atom is 0.105 e. The summed E-state index contributed by atoms with van der Waals surface area (Å²) in [5, 5.41) is 13.2. The molecule has 78 valence electrons. The van der Waals surface area contributed by atoms with Crippen LogP contribution in [0, 0.1) is 0 Å². The fourth-order valence-electron chi connectivity index (χ4n) is 1.72. The third-order valence-electron chi connectivity index (χ3n) is 2.58. The quantitative estimate of drug-likeness (QED) is 0.771. The van der Waals surface area contributed by atoms with Gasteiger partial charge in [-0.1, -0.05) is 0 Å². The predicted molar refractivity (Wildman–Crippen MR) is 54.3 cm³/mol. The van der Waals surface area contributed by atoms with Gasteiger partial charge in [0, 0.05) is 25.9 Å². The summed E-state index contributed by atoms with van der Waals surface area (Å²) >= 11 is 1.48. The lowest BCUT2D eigenvalue weighted by molar-refractivity contribution is 0.100. The maximum atomic E-state index is 9.97. The smallest absolute Gasteiger partial charge is 0.105 e. The Morgan fingerprint density at radius 2 is 2.64 bits per heavy atom. The Balaban J connectivity index is 1.97. The van der Waals surface area contributed by atoms with Crippen molar-refractivity contribution < 1.29 is 9.84 Å². The van der Waals surface area contributed by atoms with Crippen molar-refractivity contribution in [2.45, 2.75) is 24.7 Å². The summed E-state index contributed by atoms with van der Waals surface area (Å²) in [5.41, 5.74) is 1.74. The zero-order chi connectivity index (χ0) is 9.97. The van der Waals surface area contributed by atoms with Crippen molar-refractivity contribution in [1.29, 1.82) is 0 Å². The van der Waals surface area contributed by atoms with Crippen molar-refractivity contribution in [3.63, 3.8) is 0 Å². The highest BCUT2D eigenvalue weighted by atomic mass is 32.1. The summed E-state index contributed by atoms with van der Waals surface area (Å²) in [5.74, 6) is 0. The minimum absolute atomic E-state index is 0.0976. The van der Waals surface area contributed by atoms with Crippen LogP contribution < -0.4 is 5.32 Å². The van der Waals surface area contributed by atoms with Gasteiger partial charge in [0.1, 0.15) is 6.10 Å². The van der Waals surface area contributed by atoms with Crippen LogP contribution in [0.2, 0.25) is 0 Å². The number of nitrogens with zero attached hydrogens (tertiary/aromatic N) is 1. The van der Waals surface area contributed by atoms with E-state index in [1.807, 2.05) is 0 Å². The first-order valence-corrected chi connectivity index (χ1v) is 5.52. The van der Waals surface area contributed by atoms with Gasteiger partial charge in [-0.3, -0.25) is 4.98 Å². The first-order chi connectivity index (χ1) is 6.81. The van der Waals surface area contributed by atoms with E-state index in [1.165, 1.54) is 11.3 Å². The Morgan fingerprint density at radius 3 is 3.21 bits per heavy atom. The second-order valence-electron chi connectivity index (χ2n) is 3.46. The summed E-state index contributed by atoms with van der Waals surface area (Å²) in [7, 11) is 1.70. The fourth-order valence-corrected chi connectivity index (χ4v) is 2.39. The van der Waals surface area contributed by atoms with Crippen LogP contribution in [0.25, 0.3) is 0 Å². The number of aliphatic hydroxyl groups excluding tert-OH is 1. The first-order valence-electron chi connectivity index (χ1n) is 4.64. The molecule has 3 unspecified atom stereocenters. The molecule has 0 aromatic carbocycles. The van der Waals surface area contributed by atoms with E-state index >= 15 is 0 Å². The lowest BCUT2D eigenvalue weighted by Crippen LogP contribution is -2.28. The molecule has 1 aromatic heterocycles. The molecule has 0 bridgehead atoms. The molecule has 1 aromatic rings. The summed E-state index contributed by atoms with van der Waals surface area (Å²) in [6.07, 6.45) is 2.34. The van der Waals surface area contributed by atoms with E-state index in [0.29, 0.717) is 0 Å². The van der Waals surface area contributed by atoms with Crippen LogP contribution in [0.15, 0.2) is 11.7 Å². The zero-order valence-corrected chi connectivity index (χ0v) is 8.83. The lowest BCUT2D eigenvalue weighted by atomic mass is 10.1. The maximum absolute atomic E-state index is 9.97. The predicted octanol–water partition coefficient (Wildman–Crippen LogP) is 0.553. The molecule has 2 heterocycles. The molecule has 0 radical (unpaired) electrons. The molecule has 3 atom stereocenters. The molecule has 0 amide bonds. The van der Waals surface area contributed by atoms with Gasteiger partial charge in [-0.25, -0.2) is 0 Å². The van der Waals surface area contributed by atoms with E-state index in [4.69, 9.17) is 4.74 Å². The minimum atomic E-state index is -0.456. The Bertz CT molecular complexity index is 278. The van der Waals surface area contributed by atoms with Crippen LogP contribution in [0.1, 0.15) is 17.4 Å². The molecule has 1 aliphatic rings. The summed E-state index contributed by atoms with van der Waals surface area (Å²) < 4.78 is 5.22. The monoisotopic (exact) mass is 214 g/mol. The molecule has 0 saturated carbocycles. The summed E-state index contributed by atoms with van der Waals surface area (Å²) in [4.78, 5) is 4.87. The SMILES string of the molecule is COC1CNC(C(O)c2cncs2)C1. The standard InChI is InChI=1S/C9H14N2O2S/c1-13-6-2-7(11-3-6)9(12)8-4-10-5-14-8/h4-7,9,11-12H,2-3H2,1H3. The molecule has 0 aliphatic carbocycles. The van der Waals surface area contributed by atoms with Gasteiger partial charge in [0.2, 0.25) is 0 Å². The Morgan fingerprint density at radius 1 is 1.79 bits per heavy atom. The second kappa shape index (κ2) is 4.35. The van der Waals surface area contributed by atoms with Gasteiger partial charge in [0.05, 0.1) is 16.5 Å². The van der Waals surface area contributed by atoms with Crippen molar-refractivity contribution in [3.05, 3.63) is 16.6 Å². The molecule has 5 heteroatoms. The highest BCUT2D eigenvalue weighted by Crippen LogP contribution is 2.26. The molecule has 2 rings (SSSR count). The summed E-state index contributed by atoms with van der Waals surface area (Å²) in [6.45, 7) is 0.816. The van der Waals surface area contributed by atoms with E-state index in [2.05, 4.69) is 10.3 Å². The normalized spacial score (nSPS) is 29.3. The third kappa shape index (κ3) is 1.95. The molecule has 1 saturated heterocycles. The molecular formula is C9H14N2O2S. The third-order valence-corrected chi connectivity index (χ3v) is 3.43. The first kappa shape index (κ1) is 10.0. The number of nitrogens with one attached hydrogen (secondary N) is 1. The van der Waals surface area contributed by atoms with Crippen molar-refractivity contribution in [2.24, 2.45) is 0 Å². The van der Waals surface area contributed by atoms with Crippen LogP contribution in [0.4, 0.5) is 0 Å². The molecule has 14 heavy (non-hydrogen) atoms. The number of hydrogen-bond donors (Lipinski definition) is 2. The molecule has 0 spiro atoms. The number of aliphatic hydroxyl groups is 1. The van der Waals surface area contributed by atoms with Gasteiger partial charge in [-0.2, -0.15) is 0 Å². The molecule has 1 aliphatic heterocycles. The lowest BCUT2D eigenvalue weighted by Gasteiger charge is -2.16. The van der Waals surface area contributed by atoms with E-state index in [-0.39, 0.29) is 12.1 Å². The Hall–Kier alpha value is -0.490. The van der Waals surface area contributed by atoms with Gasteiger partial charge < -0.3 is 15.2 Å². The van der Waals surface area contributed by atoms with E-state index in [1.54, 1.807) is 18.8 Å². The van der Waals surface area contributed by atoms with Gasteiger partial charge in [0.15, 0.2) is 0 Å². The van der Waals surface area contributed by atoms with Gasteiger partial charge >= 0.3 is 0 Å². The van der Waals surface area contributed by atoms with Crippen molar-refractivity contribution >= 4 is 11.3 Å². The number of methoxy groups -OCH3 is 1. The number of ether oxygens (including phenoxy) is 1. The molecule has 1 fully saturated rings. The van der Waals surface area contributed by atoms with Crippen LogP contribution >= 0.6 is 11.3 Å². The van der Waals surface area contributed by atoms with Crippen molar-refractivity contribution in [2.75, 3.05) is 13.7 Å². The van der Waals surface area contributed by atoms with Crippen LogP contribution in [-0.4, -0.2) is 35.9 Å². The topological polar surface area (TPSA) is 54.4 Å². The number of thiazole rings is 1. The number of hydrogen-bond acceptors (Lipinski definition) is 5. The van der Waals surface area contributed by atoms with E-state index in [9.17, 15) is 5.11 Å². The van der Waals surface area contributed by atoms with Crippen molar-refractivity contribution in [1.82, 2.24) is 10.3 Å². The highest BCUT2D eigenvalue weighted by Gasteiger charge is 2.30. The average Bonchev–Trinajstić information content (AvgIpc) is 2.88. The summed E-state index contributed by atoms with van der Waals surface area (Å²) in [6, 6.07) is 0.0976. The largest absolute Gasteiger partial charge is 0.386 e. The van der Waals surface area contributed by atoms with Crippen molar-refractivity contribution in [3.8, 4) is 0 Å². The van der Waals surface area contributed by atoms with Gasteiger partial charge in [-0.15, -0.1) is 11.3 Å². The Labute approximate surface area is 86.9 Å². The number of aromatic nitrogens is 1. The molecular weight excluding hydrogens is 200 g/mol. The highest BCUT2D eigenvalue weighted by molar-refractivity contribution is 7.09. The number of rotatable bonds is 3. The molecule has 4 nitrogen and oxygen atoms in total. The van der Waals surface area contributed by atoms with Gasteiger partial charge in [0.25, 0.3) is 0 Å². The average molecular weight is 214 g/mol. The second-order valence-corrected chi connectivity index (χ2v) is 4.37. The van der Waals surface area contributed by atoms with Crippen LogP contribution in [-0.2, 0) is 4.74 Å². The minimum Gasteiger partial charge on any atom is -0.386 e. The van der Waals surface area contributed by atoms with Crippen LogP contribution in [0.5, 0.6) is 0 Å².